The number of rotatable bonds is 5. The van der Waals surface area contributed by atoms with Crippen LogP contribution in [0.1, 0.15) is 49.3 Å². The molecule has 2 aliphatic rings. The average molecular weight is 468 g/mol. The number of hydrogen-bond donors (Lipinski definition) is 2. The summed E-state index contributed by atoms with van der Waals surface area (Å²) in [7, 11) is 3.05. The molecule has 4 rings (SSSR count). The number of carbonyl (C=O) groups is 1. The van der Waals surface area contributed by atoms with Crippen molar-refractivity contribution in [3.63, 3.8) is 0 Å². The van der Waals surface area contributed by atoms with Gasteiger partial charge in [-0.15, -0.1) is 4.48 Å². The molecule has 3 N–H and O–H groups in total. The van der Waals surface area contributed by atoms with Crippen LogP contribution in [0.25, 0.3) is 0 Å². The molecule has 0 saturated carbocycles. The molecule has 1 atom stereocenters. The third-order valence-corrected chi connectivity index (χ3v) is 6.89. The van der Waals surface area contributed by atoms with E-state index in [0.29, 0.717) is 61.1 Å². The molecule has 2 aromatic heterocycles. The van der Waals surface area contributed by atoms with Gasteiger partial charge < -0.3 is 25.2 Å². The maximum atomic E-state index is 13.1. The number of quaternary nitrogens is 1. The number of piperidine rings is 1. The van der Waals surface area contributed by atoms with Crippen LogP contribution in [-0.2, 0) is 15.9 Å². The van der Waals surface area contributed by atoms with E-state index in [0.717, 1.165) is 18.4 Å². The van der Waals surface area contributed by atoms with E-state index in [-0.39, 0.29) is 4.48 Å². The molecular weight excluding hydrogens is 436 g/mol. The number of nitriles is 1. The predicted molar refractivity (Wildman–Crippen MR) is 126 cm³/mol. The second kappa shape index (κ2) is 9.27. The number of aryl methyl sites for hydroxylation is 1. The number of ether oxygens (including phenoxy) is 2. The van der Waals surface area contributed by atoms with Gasteiger partial charge in [-0.3, -0.25) is 0 Å². The molecule has 0 aromatic carbocycles. The average Bonchev–Trinajstić information content (AvgIpc) is 2.84. The smallest absolute Gasteiger partial charge is 0.390 e. The zero-order chi connectivity index (χ0) is 24.5. The van der Waals surface area contributed by atoms with Crippen molar-refractivity contribution < 1.29 is 19.4 Å². The SMILES string of the molecule is COC(OC)c1ccc2c(n1)[N+](C(N)=O)(c1cc(N3CCC(C)(O)CC3)c(C#N)cn1)CCC2. The highest BCUT2D eigenvalue weighted by molar-refractivity contribution is 5.92. The normalized spacial score (nSPS) is 21.7. The Balaban J connectivity index is 1.85. The van der Waals surface area contributed by atoms with Gasteiger partial charge in [-0.25, -0.2) is 9.78 Å². The van der Waals surface area contributed by atoms with Crippen molar-refractivity contribution >= 4 is 23.4 Å². The molecule has 34 heavy (non-hydrogen) atoms. The molecule has 1 fully saturated rings. The summed E-state index contributed by atoms with van der Waals surface area (Å²) in [5.41, 5.74) is 7.84. The van der Waals surface area contributed by atoms with Crippen LogP contribution in [0.3, 0.4) is 0 Å². The number of carbonyl (C=O) groups excluding carboxylic acids is 1. The topological polar surface area (TPSA) is 135 Å². The summed E-state index contributed by atoms with van der Waals surface area (Å²) in [4.78, 5) is 24.5. The van der Waals surface area contributed by atoms with Gasteiger partial charge in [-0.2, -0.15) is 10.2 Å². The summed E-state index contributed by atoms with van der Waals surface area (Å²) in [6.45, 7) is 3.40. The predicted octanol–water partition coefficient (Wildman–Crippen LogP) is 2.65. The Bertz CT molecular complexity index is 1120. The lowest BCUT2D eigenvalue weighted by Gasteiger charge is -2.38. The Morgan fingerprint density at radius 2 is 2.03 bits per heavy atom. The molecular formula is C24H31N6O4+. The lowest BCUT2D eigenvalue weighted by atomic mass is 9.93. The van der Waals surface area contributed by atoms with Gasteiger partial charge in [0.15, 0.2) is 0 Å². The Morgan fingerprint density at radius 3 is 2.65 bits per heavy atom. The molecule has 0 bridgehead atoms. The second-order valence-electron chi connectivity index (χ2n) is 9.15. The van der Waals surface area contributed by atoms with Gasteiger partial charge in [0.25, 0.3) is 0 Å². The van der Waals surface area contributed by atoms with Crippen LogP contribution in [-0.4, -0.2) is 60.6 Å². The molecule has 4 heterocycles. The first-order valence-electron chi connectivity index (χ1n) is 11.4. The Kier molecular flexibility index (Phi) is 6.55. The van der Waals surface area contributed by atoms with E-state index in [1.165, 1.54) is 20.4 Å². The van der Waals surface area contributed by atoms with E-state index in [9.17, 15) is 15.2 Å². The minimum absolute atomic E-state index is 0.354. The number of anilines is 1. The van der Waals surface area contributed by atoms with E-state index in [2.05, 4.69) is 16.0 Å². The fraction of sp³-hybridized carbons (Fsp3) is 0.500. The van der Waals surface area contributed by atoms with E-state index >= 15 is 0 Å². The van der Waals surface area contributed by atoms with Crippen LogP contribution in [0.2, 0.25) is 0 Å². The number of aromatic nitrogens is 2. The molecule has 0 radical (unpaired) electrons. The zero-order valence-corrected chi connectivity index (χ0v) is 19.8. The number of aliphatic hydroxyl groups is 1. The molecule has 10 heteroatoms. The number of pyridine rings is 2. The van der Waals surface area contributed by atoms with Crippen LogP contribution in [0.5, 0.6) is 0 Å². The maximum Gasteiger partial charge on any atom is 0.426 e. The van der Waals surface area contributed by atoms with Crippen molar-refractivity contribution in [2.75, 3.05) is 38.8 Å². The fourth-order valence-corrected chi connectivity index (χ4v) is 4.87. The number of fused-ring (bicyclic) bond motifs is 1. The fourth-order valence-electron chi connectivity index (χ4n) is 4.87. The van der Waals surface area contributed by atoms with Gasteiger partial charge in [0.1, 0.15) is 18.3 Å². The Hall–Kier alpha value is -3.10. The van der Waals surface area contributed by atoms with Gasteiger partial charge >= 0.3 is 6.03 Å². The number of amides is 2. The van der Waals surface area contributed by atoms with Crippen molar-refractivity contribution in [2.45, 2.75) is 44.5 Å². The number of hydrogen-bond acceptors (Lipinski definition) is 8. The monoisotopic (exact) mass is 467 g/mol. The third kappa shape index (κ3) is 4.12. The van der Waals surface area contributed by atoms with Crippen LogP contribution in [0.15, 0.2) is 24.4 Å². The van der Waals surface area contributed by atoms with Gasteiger partial charge in [-0.1, -0.05) is 0 Å². The minimum atomic E-state index is -0.731. The number of nitrogens with two attached hydrogens (primary N) is 1. The lowest BCUT2D eigenvalue weighted by Crippen LogP contribution is -2.56. The summed E-state index contributed by atoms with van der Waals surface area (Å²) < 4.78 is 10.4. The number of urea groups is 1. The molecule has 180 valence electrons. The Labute approximate surface area is 199 Å². The largest absolute Gasteiger partial charge is 0.426 e. The molecule has 2 aromatic rings. The molecule has 0 aliphatic carbocycles. The van der Waals surface area contributed by atoms with Crippen molar-refractivity contribution in [1.29, 1.82) is 5.26 Å². The zero-order valence-electron chi connectivity index (χ0n) is 19.8. The van der Waals surface area contributed by atoms with E-state index in [4.69, 9.17) is 20.2 Å². The van der Waals surface area contributed by atoms with Crippen LogP contribution in [0.4, 0.5) is 22.1 Å². The number of primary amides is 1. The standard InChI is InChI=1S/C24H30N6O4/c1-24(32)8-10-29(11-9-24)19-13-20(27-15-17(19)14-25)30(23(26)31)12-4-5-16-6-7-18(28-21(16)30)22(33-2)34-3/h6-7,13,15,22,32H,4-5,8-12H2,1-3H3,(H-,26,31)/p+1. The van der Waals surface area contributed by atoms with Crippen LogP contribution >= 0.6 is 0 Å². The third-order valence-electron chi connectivity index (χ3n) is 6.89. The first-order chi connectivity index (χ1) is 16.3. The molecule has 2 amide bonds. The van der Waals surface area contributed by atoms with Crippen molar-refractivity contribution in [2.24, 2.45) is 5.73 Å². The van der Waals surface area contributed by atoms with Gasteiger partial charge in [0.05, 0.1) is 23.0 Å². The number of nitrogens with zero attached hydrogens (tertiary/aromatic N) is 5. The summed E-state index contributed by atoms with van der Waals surface area (Å²) in [6.07, 6.45) is 3.44. The first-order valence-corrected chi connectivity index (χ1v) is 11.4. The highest BCUT2D eigenvalue weighted by Gasteiger charge is 2.48. The molecule has 0 spiro atoms. The molecule has 1 saturated heterocycles. The second-order valence-corrected chi connectivity index (χ2v) is 9.15. The van der Waals surface area contributed by atoms with E-state index in [1.807, 2.05) is 19.1 Å². The Morgan fingerprint density at radius 1 is 1.32 bits per heavy atom. The first kappa shape index (κ1) is 24.0. The molecule has 2 aliphatic heterocycles. The van der Waals surface area contributed by atoms with E-state index < -0.39 is 17.9 Å². The lowest BCUT2D eigenvalue weighted by molar-refractivity contribution is -0.108. The van der Waals surface area contributed by atoms with Crippen molar-refractivity contribution in [1.82, 2.24) is 14.5 Å². The minimum Gasteiger partial charge on any atom is -0.390 e. The highest BCUT2D eigenvalue weighted by Crippen LogP contribution is 2.41. The van der Waals surface area contributed by atoms with Gasteiger partial charge in [-0.05, 0) is 38.3 Å². The molecule has 1 unspecified atom stereocenters. The quantitative estimate of drug-likeness (QED) is 0.506. The van der Waals surface area contributed by atoms with Crippen LogP contribution < -0.4 is 15.1 Å². The van der Waals surface area contributed by atoms with E-state index in [1.54, 1.807) is 6.07 Å². The van der Waals surface area contributed by atoms with Crippen molar-refractivity contribution in [3.05, 3.63) is 41.2 Å². The molecule has 10 nitrogen and oxygen atoms in total. The maximum absolute atomic E-state index is 13.1. The number of methoxy groups -OCH3 is 2. The van der Waals surface area contributed by atoms with Crippen molar-refractivity contribution in [3.8, 4) is 6.07 Å². The van der Waals surface area contributed by atoms with Gasteiger partial charge in [0, 0.05) is 45.4 Å². The highest BCUT2D eigenvalue weighted by atomic mass is 16.7. The summed E-state index contributed by atoms with van der Waals surface area (Å²) >= 11 is 0. The summed E-state index contributed by atoms with van der Waals surface area (Å²) in [5, 5.41) is 20.1. The summed E-state index contributed by atoms with van der Waals surface area (Å²) in [6, 6.07) is 7.14. The summed E-state index contributed by atoms with van der Waals surface area (Å²) in [5.74, 6) is 0.913. The van der Waals surface area contributed by atoms with Gasteiger partial charge in [0.2, 0.25) is 17.9 Å². The van der Waals surface area contributed by atoms with Crippen LogP contribution in [0, 0.1) is 11.3 Å².